The number of benzene rings is 2. The van der Waals surface area contributed by atoms with Crippen LogP contribution < -0.4 is 10.4 Å². The minimum absolute atomic E-state index is 0.157. The summed E-state index contributed by atoms with van der Waals surface area (Å²) in [6.45, 7) is 8.97. The zero-order chi connectivity index (χ0) is 34.9. The Hall–Kier alpha value is -3.54. The van der Waals surface area contributed by atoms with E-state index in [9.17, 15) is 19.7 Å². The van der Waals surface area contributed by atoms with Crippen molar-refractivity contribution in [3.8, 4) is 0 Å². The fourth-order valence-electron chi connectivity index (χ4n) is 8.44. The van der Waals surface area contributed by atoms with Gasteiger partial charge in [0.05, 0.1) is 24.5 Å². The van der Waals surface area contributed by atoms with Crippen LogP contribution in [0.1, 0.15) is 64.9 Å². The highest BCUT2D eigenvalue weighted by Crippen LogP contribution is 2.51. The number of aliphatic hydroxyl groups excluding tert-OH is 1. The van der Waals surface area contributed by atoms with Crippen LogP contribution in [0, 0.1) is 17.8 Å². The van der Waals surface area contributed by atoms with Gasteiger partial charge in [0.2, 0.25) is 11.8 Å². The number of aliphatic hydroxyl groups is 1. The largest absolute Gasteiger partial charge is 0.459 e. The van der Waals surface area contributed by atoms with Crippen molar-refractivity contribution >= 4 is 43.7 Å². The highest BCUT2D eigenvalue weighted by molar-refractivity contribution is 6.99. The molecule has 3 aliphatic rings. The van der Waals surface area contributed by atoms with E-state index in [0.717, 1.165) is 23.1 Å². The van der Waals surface area contributed by atoms with Gasteiger partial charge >= 0.3 is 7.12 Å². The summed E-state index contributed by atoms with van der Waals surface area (Å²) in [6.07, 6.45) is 4.31. The smallest absolute Gasteiger partial charge is 0.455 e. The molecule has 258 valence electrons. The molecule has 4 atom stereocenters. The molecule has 10 heteroatoms. The molecular formula is C39H48BNO7Si. The molecule has 2 fully saturated rings. The van der Waals surface area contributed by atoms with Crippen LogP contribution in [0.4, 0.5) is 0 Å². The zero-order valence-electron chi connectivity index (χ0n) is 29.2. The normalized spacial score (nSPS) is 23.3. The van der Waals surface area contributed by atoms with Crippen LogP contribution in [0.5, 0.6) is 0 Å². The van der Waals surface area contributed by atoms with Crippen LogP contribution in [-0.2, 0) is 25.3 Å². The first-order valence-corrected chi connectivity index (χ1v) is 19.4. The van der Waals surface area contributed by atoms with Gasteiger partial charge in [-0.2, -0.15) is 0 Å². The van der Waals surface area contributed by atoms with Crippen LogP contribution in [0.15, 0.2) is 93.9 Å². The Bertz CT molecular complexity index is 1670. The fourth-order valence-corrected chi connectivity index (χ4v) is 13.0. The summed E-state index contributed by atoms with van der Waals surface area (Å²) in [4.78, 5) is 28.4. The maximum atomic E-state index is 13.6. The maximum absolute atomic E-state index is 13.6. The Morgan fingerprint density at radius 2 is 1.65 bits per heavy atom. The number of rotatable bonds is 11. The van der Waals surface area contributed by atoms with E-state index < -0.39 is 33.4 Å². The van der Waals surface area contributed by atoms with Gasteiger partial charge in [0.15, 0.2) is 0 Å². The number of furan rings is 1. The lowest BCUT2D eigenvalue weighted by molar-refractivity contribution is -0.138. The van der Waals surface area contributed by atoms with E-state index in [-0.39, 0.29) is 35.7 Å². The lowest BCUT2D eigenvalue weighted by Crippen LogP contribution is -2.66. The van der Waals surface area contributed by atoms with Crippen LogP contribution in [0.25, 0.3) is 6.08 Å². The molecular weight excluding hydrogens is 633 g/mol. The van der Waals surface area contributed by atoms with E-state index in [1.165, 1.54) is 15.3 Å². The van der Waals surface area contributed by atoms with Crippen molar-refractivity contribution in [2.45, 2.75) is 77.4 Å². The van der Waals surface area contributed by atoms with E-state index in [2.05, 4.69) is 76.2 Å². The standard InChI is InChI=1S/C39H48BNO7Si/c1-6-26(21-28-18-19-29(24-42)47-28)17-20-34-35-27(22-32-36(33(35)23-40(45)48-34)38(44)41(5)37(32)43)25-46-49(39(2,3)4,30-13-9-7-10-14-30)31-15-11-8-12-16-31/h7-16,18-19,21,32-34,36,42,45H,6,17,20,22-25H2,1-5H3/b26-21+/t32-,33+,34-,36-/m1/s1. The molecule has 6 rings (SSSR count). The Balaban J connectivity index is 1.41. The summed E-state index contributed by atoms with van der Waals surface area (Å²) in [6, 6.07) is 24.6. The van der Waals surface area contributed by atoms with Crippen molar-refractivity contribution in [1.29, 1.82) is 0 Å². The number of carbonyl (C=O) groups is 2. The number of nitrogens with zero attached hydrogens (tertiary/aromatic N) is 1. The summed E-state index contributed by atoms with van der Waals surface area (Å²) >= 11 is 0. The van der Waals surface area contributed by atoms with Crippen molar-refractivity contribution < 1.29 is 33.2 Å². The van der Waals surface area contributed by atoms with E-state index in [1.807, 2.05) is 24.3 Å². The highest BCUT2D eigenvalue weighted by atomic mass is 28.4. The van der Waals surface area contributed by atoms with E-state index in [4.69, 9.17) is 13.5 Å². The third kappa shape index (κ3) is 6.69. The summed E-state index contributed by atoms with van der Waals surface area (Å²) in [5, 5.41) is 22.6. The van der Waals surface area contributed by atoms with Gasteiger partial charge < -0.3 is 23.6 Å². The first-order valence-electron chi connectivity index (χ1n) is 17.5. The molecule has 1 aliphatic carbocycles. The van der Waals surface area contributed by atoms with Gasteiger partial charge in [-0.25, -0.2) is 0 Å². The molecule has 2 amide bonds. The molecule has 49 heavy (non-hydrogen) atoms. The van der Waals surface area contributed by atoms with Crippen LogP contribution in [-0.4, -0.2) is 62.0 Å². The third-order valence-corrected chi connectivity index (χ3v) is 15.8. The predicted octanol–water partition coefficient (Wildman–Crippen LogP) is 5.35. The quantitative estimate of drug-likeness (QED) is 0.160. The summed E-state index contributed by atoms with van der Waals surface area (Å²) in [5.74, 6) is -0.475. The molecule has 0 bridgehead atoms. The zero-order valence-corrected chi connectivity index (χ0v) is 30.2. The second-order valence-electron chi connectivity index (χ2n) is 14.7. The Kier molecular flexibility index (Phi) is 10.3. The molecule has 3 heterocycles. The topological polar surface area (TPSA) is 109 Å². The molecule has 0 unspecified atom stereocenters. The molecule has 3 aromatic rings. The number of carbonyl (C=O) groups excluding carboxylic acids is 2. The number of allylic oxidation sites excluding steroid dienone is 1. The van der Waals surface area contributed by atoms with Gasteiger partial charge in [-0.05, 0) is 82.7 Å². The summed E-state index contributed by atoms with van der Waals surface area (Å²) in [7, 11) is -2.39. The minimum Gasteiger partial charge on any atom is -0.459 e. The second-order valence-corrected chi connectivity index (χ2v) is 19.0. The Morgan fingerprint density at radius 3 is 2.22 bits per heavy atom. The average molecular weight is 682 g/mol. The number of hydrogen-bond donors (Lipinski definition) is 2. The van der Waals surface area contributed by atoms with Crippen molar-refractivity contribution in [1.82, 2.24) is 4.90 Å². The SMILES string of the molecule is CC/C(=C\c1ccc(CO)o1)CC[C@H]1OB(O)C[C@H]2C1=C(CO[Si](c1ccccc1)(c1ccccc1)C(C)(C)C)C[C@H]1C(=O)N(C)C(=O)[C@H]12. The van der Waals surface area contributed by atoms with Gasteiger partial charge in [-0.3, -0.25) is 14.5 Å². The lowest BCUT2D eigenvalue weighted by Gasteiger charge is -2.46. The Morgan fingerprint density at radius 1 is 1.00 bits per heavy atom. The van der Waals surface area contributed by atoms with Gasteiger partial charge in [0.1, 0.15) is 18.1 Å². The van der Waals surface area contributed by atoms with Gasteiger partial charge in [-0.1, -0.05) is 93.9 Å². The summed E-state index contributed by atoms with van der Waals surface area (Å²) in [5.41, 5.74) is 3.16. The minimum atomic E-state index is -2.91. The lowest BCUT2D eigenvalue weighted by atomic mass is 9.58. The first-order chi connectivity index (χ1) is 23.5. The predicted molar refractivity (Wildman–Crippen MR) is 193 cm³/mol. The van der Waals surface area contributed by atoms with Crippen LogP contribution in [0.2, 0.25) is 11.4 Å². The number of hydrogen-bond acceptors (Lipinski definition) is 7. The van der Waals surface area contributed by atoms with Gasteiger partial charge in [0.25, 0.3) is 8.32 Å². The van der Waals surface area contributed by atoms with Crippen molar-refractivity contribution in [3.63, 3.8) is 0 Å². The average Bonchev–Trinajstić information content (AvgIpc) is 3.64. The monoisotopic (exact) mass is 681 g/mol. The van der Waals surface area contributed by atoms with E-state index in [0.29, 0.717) is 37.4 Å². The molecule has 2 aliphatic heterocycles. The maximum Gasteiger partial charge on any atom is 0.455 e. The number of fused-ring (bicyclic) bond motifs is 3. The fraction of sp³-hybridized carbons (Fsp3) is 0.436. The third-order valence-electron chi connectivity index (χ3n) is 10.8. The van der Waals surface area contributed by atoms with Crippen molar-refractivity contribution in [2.75, 3.05) is 13.7 Å². The number of likely N-dealkylation sites (tertiary alicyclic amines) is 1. The van der Waals surface area contributed by atoms with Crippen molar-refractivity contribution in [2.24, 2.45) is 17.8 Å². The molecule has 2 saturated heterocycles. The molecule has 0 saturated carbocycles. The van der Waals surface area contributed by atoms with Crippen molar-refractivity contribution in [3.05, 3.63) is 101 Å². The van der Waals surface area contributed by atoms with Crippen LogP contribution in [0.3, 0.4) is 0 Å². The molecule has 1 aromatic heterocycles. The van der Waals surface area contributed by atoms with E-state index >= 15 is 0 Å². The number of imide groups is 1. The van der Waals surface area contributed by atoms with Crippen LogP contribution >= 0.6 is 0 Å². The summed E-state index contributed by atoms with van der Waals surface area (Å²) < 4.78 is 19.5. The Labute approximate surface area is 291 Å². The molecule has 0 spiro atoms. The van der Waals surface area contributed by atoms with E-state index in [1.54, 1.807) is 13.1 Å². The van der Waals surface area contributed by atoms with Gasteiger partial charge in [-0.15, -0.1) is 0 Å². The van der Waals surface area contributed by atoms with Gasteiger partial charge in [0, 0.05) is 7.05 Å². The molecule has 0 radical (unpaired) electrons. The second kappa shape index (κ2) is 14.4. The number of amides is 2. The first kappa shape index (κ1) is 35.3. The molecule has 2 aromatic carbocycles. The molecule has 8 nitrogen and oxygen atoms in total. The molecule has 2 N–H and O–H groups in total. The highest BCUT2D eigenvalue weighted by Gasteiger charge is 2.57.